The van der Waals surface area contributed by atoms with Crippen LogP contribution >= 0.6 is 0 Å². The van der Waals surface area contributed by atoms with Crippen LogP contribution in [0.3, 0.4) is 0 Å². The van der Waals surface area contributed by atoms with Gasteiger partial charge >= 0.3 is 5.76 Å². The molecule has 0 fully saturated rings. The van der Waals surface area contributed by atoms with Crippen molar-refractivity contribution < 1.29 is 18.3 Å². The molecule has 5 rings (SSSR count). The Balaban J connectivity index is 1.21. The van der Waals surface area contributed by atoms with Crippen molar-refractivity contribution in [1.82, 2.24) is 24.4 Å². The van der Waals surface area contributed by atoms with Crippen molar-refractivity contribution in [2.24, 2.45) is 0 Å². The number of aryl methyl sites for hydroxylation is 2. The van der Waals surface area contributed by atoms with Crippen LogP contribution in [0.25, 0.3) is 5.82 Å². The van der Waals surface area contributed by atoms with Gasteiger partial charge in [0.15, 0.2) is 18.2 Å². The third-order valence-electron chi connectivity index (χ3n) is 6.16. The summed E-state index contributed by atoms with van der Waals surface area (Å²) < 4.78 is 25.9. The molecule has 0 aromatic carbocycles. The van der Waals surface area contributed by atoms with Crippen molar-refractivity contribution >= 4 is 11.7 Å². The Morgan fingerprint density at radius 3 is 2.88 bits per heavy atom. The molecule has 2 aliphatic rings. The summed E-state index contributed by atoms with van der Waals surface area (Å²) in [5.41, 5.74) is 2.68. The van der Waals surface area contributed by atoms with Crippen molar-refractivity contribution in [2.45, 2.75) is 38.6 Å². The van der Waals surface area contributed by atoms with Crippen LogP contribution in [-0.4, -0.2) is 56.6 Å². The van der Waals surface area contributed by atoms with E-state index in [0.717, 1.165) is 36.2 Å². The zero-order valence-corrected chi connectivity index (χ0v) is 18.3. The first kappa shape index (κ1) is 21.3. The van der Waals surface area contributed by atoms with Gasteiger partial charge in [-0.25, -0.2) is 23.7 Å². The van der Waals surface area contributed by atoms with Crippen molar-refractivity contribution in [1.29, 1.82) is 0 Å². The molecule has 3 aromatic heterocycles. The van der Waals surface area contributed by atoms with E-state index in [0.29, 0.717) is 18.6 Å². The van der Waals surface area contributed by atoms with Crippen molar-refractivity contribution in [3.63, 3.8) is 0 Å². The second-order valence-electron chi connectivity index (χ2n) is 8.35. The van der Waals surface area contributed by atoms with Crippen LogP contribution < -0.4 is 15.8 Å². The summed E-state index contributed by atoms with van der Waals surface area (Å²) in [6.45, 7) is 2.56. The number of pyridine rings is 1. The molecule has 3 aromatic rings. The van der Waals surface area contributed by atoms with E-state index in [2.05, 4.69) is 25.2 Å². The lowest BCUT2D eigenvalue weighted by atomic mass is 10.1. The van der Waals surface area contributed by atoms with E-state index in [1.807, 2.05) is 14.0 Å². The minimum atomic E-state index is -0.583. The predicted octanol–water partition coefficient (Wildman–Crippen LogP) is 1.43. The summed E-state index contributed by atoms with van der Waals surface area (Å²) in [6, 6.07) is 0.220. The van der Waals surface area contributed by atoms with Gasteiger partial charge in [0.25, 0.3) is 11.8 Å². The van der Waals surface area contributed by atoms with E-state index in [4.69, 9.17) is 9.15 Å². The number of fused-ring (bicyclic) bond motifs is 2. The van der Waals surface area contributed by atoms with Crippen LogP contribution in [0.5, 0.6) is 5.88 Å². The molecule has 33 heavy (non-hydrogen) atoms. The van der Waals surface area contributed by atoms with E-state index < -0.39 is 5.76 Å². The van der Waals surface area contributed by atoms with Crippen molar-refractivity contribution in [3.8, 4) is 11.7 Å². The second kappa shape index (κ2) is 8.39. The van der Waals surface area contributed by atoms with E-state index in [-0.39, 0.29) is 41.9 Å². The average molecular weight is 454 g/mol. The molecule has 1 atom stereocenters. The number of carbonyl (C=O) groups excluding carboxylic acids is 1. The summed E-state index contributed by atoms with van der Waals surface area (Å²) >= 11 is 0. The first-order chi connectivity index (χ1) is 15.9. The van der Waals surface area contributed by atoms with E-state index in [9.17, 15) is 14.0 Å². The summed E-state index contributed by atoms with van der Waals surface area (Å²) in [5, 5.41) is 2.57. The predicted molar refractivity (Wildman–Crippen MR) is 115 cm³/mol. The van der Waals surface area contributed by atoms with Gasteiger partial charge in [0.2, 0.25) is 0 Å². The van der Waals surface area contributed by atoms with Crippen molar-refractivity contribution in [3.05, 3.63) is 57.5 Å². The van der Waals surface area contributed by atoms with Crippen LogP contribution in [0.1, 0.15) is 29.0 Å². The molecule has 1 N–H and O–H groups in total. The molecule has 1 aliphatic carbocycles. The van der Waals surface area contributed by atoms with E-state index in [1.165, 1.54) is 17.0 Å². The summed E-state index contributed by atoms with van der Waals surface area (Å²) in [7, 11) is 2.03. The highest BCUT2D eigenvalue weighted by atomic mass is 19.1. The van der Waals surface area contributed by atoms with Gasteiger partial charge in [-0.3, -0.25) is 9.78 Å². The van der Waals surface area contributed by atoms with Crippen LogP contribution in [0.4, 0.5) is 10.2 Å². The normalized spacial score (nSPS) is 17.0. The first-order valence-corrected chi connectivity index (χ1v) is 10.7. The lowest BCUT2D eigenvalue weighted by Gasteiger charge is -2.23. The van der Waals surface area contributed by atoms with Crippen molar-refractivity contribution in [2.75, 3.05) is 25.5 Å². The smallest absolute Gasteiger partial charge is 0.425 e. The zero-order valence-electron chi connectivity index (χ0n) is 18.3. The maximum Gasteiger partial charge on any atom is 0.425 e. The number of anilines is 1. The number of nitrogens with one attached hydrogen (secondary N) is 1. The quantitative estimate of drug-likeness (QED) is 0.595. The van der Waals surface area contributed by atoms with Gasteiger partial charge < -0.3 is 19.4 Å². The minimum Gasteiger partial charge on any atom is -0.465 e. The number of nitrogens with zero attached hydrogens (tertiary/aromatic N) is 5. The number of likely N-dealkylation sites (N-methyl/N-ethyl adjacent to an activating group) is 1. The molecule has 172 valence electrons. The highest BCUT2D eigenvalue weighted by molar-refractivity contribution is 5.93. The lowest BCUT2D eigenvalue weighted by Crippen LogP contribution is -2.33. The summed E-state index contributed by atoms with van der Waals surface area (Å²) in [6.07, 6.45) is 7.04. The lowest BCUT2D eigenvalue weighted by molar-refractivity contribution is -0.118. The van der Waals surface area contributed by atoms with Gasteiger partial charge in [-0.1, -0.05) is 0 Å². The molecule has 1 aliphatic heterocycles. The monoisotopic (exact) mass is 454 g/mol. The van der Waals surface area contributed by atoms with Crippen LogP contribution in [0, 0.1) is 12.7 Å². The van der Waals surface area contributed by atoms with Gasteiger partial charge in [0, 0.05) is 18.2 Å². The van der Waals surface area contributed by atoms with Crippen LogP contribution in [-0.2, 0) is 24.1 Å². The minimum absolute atomic E-state index is 0.121. The number of halogens is 1. The Bertz CT molecular complexity index is 1260. The molecule has 0 spiro atoms. The SMILES string of the molecule is Cc1ncc(F)c2c1CC(N(C)CCCc1cn(-c3cnc4c(n3)NC(=O)CO4)c(=O)o1)C2. The Kier molecular flexibility index (Phi) is 5.41. The van der Waals surface area contributed by atoms with Gasteiger partial charge in [0.1, 0.15) is 11.6 Å². The summed E-state index contributed by atoms with van der Waals surface area (Å²) in [4.78, 5) is 38.5. The Labute approximate surface area is 188 Å². The van der Waals surface area contributed by atoms with E-state index >= 15 is 0 Å². The Morgan fingerprint density at radius 1 is 1.24 bits per heavy atom. The molecule has 4 heterocycles. The number of amides is 1. The largest absolute Gasteiger partial charge is 0.465 e. The fraction of sp³-hybridized carbons (Fsp3) is 0.409. The van der Waals surface area contributed by atoms with Gasteiger partial charge in [-0.15, -0.1) is 0 Å². The number of rotatable bonds is 6. The number of ether oxygens (including phenoxy) is 1. The Hall–Kier alpha value is -3.60. The molecule has 0 saturated carbocycles. The third-order valence-corrected chi connectivity index (χ3v) is 6.16. The molecule has 1 amide bonds. The summed E-state index contributed by atoms with van der Waals surface area (Å²) in [5.74, 6) is -0.0258. The maximum atomic E-state index is 14.1. The van der Waals surface area contributed by atoms with Gasteiger partial charge in [0.05, 0.1) is 18.6 Å². The second-order valence-corrected chi connectivity index (χ2v) is 8.35. The van der Waals surface area contributed by atoms with Crippen LogP contribution in [0.15, 0.2) is 27.8 Å². The molecular formula is C22H23FN6O4. The molecule has 1 unspecified atom stereocenters. The molecule has 0 bridgehead atoms. The van der Waals surface area contributed by atoms with Gasteiger partial charge in [-0.2, -0.15) is 0 Å². The average Bonchev–Trinajstić information content (AvgIpc) is 3.41. The molecule has 10 nitrogen and oxygen atoms in total. The molecule has 11 heteroatoms. The fourth-order valence-corrected chi connectivity index (χ4v) is 4.34. The highest BCUT2D eigenvalue weighted by Crippen LogP contribution is 2.29. The molecule has 0 radical (unpaired) electrons. The van der Waals surface area contributed by atoms with E-state index in [1.54, 1.807) is 6.20 Å². The van der Waals surface area contributed by atoms with Gasteiger partial charge in [-0.05, 0) is 50.9 Å². The number of hydrogen-bond donors (Lipinski definition) is 1. The van der Waals surface area contributed by atoms with Crippen LogP contribution in [0.2, 0.25) is 0 Å². The number of aromatic nitrogens is 4. The number of oxazole rings is 1. The Morgan fingerprint density at radius 2 is 2.06 bits per heavy atom. The zero-order chi connectivity index (χ0) is 23.1. The molecule has 0 saturated heterocycles. The maximum absolute atomic E-state index is 14.1. The first-order valence-electron chi connectivity index (χ1n) is 10.7. The fourth-order valence-electron chi connectivity index (χ4n) is 4.34. The standard InChI is InChI=1S/C22H23FN6O4/c1-12-15-6-13(7-16(15)17(23)8-24-12)28(2)5-3-4-14-10-29(22(31)33-14)18-9-25-21-20(26-18)27-19(30)11-32-21/h8-10,13H,3-7,11H2,1-2H3,(H,26,27,30). The topological polar surface area (TPSA) is 115 Å². The number of hydrogen-bond acceptors (Lipinski definition) is 8. The highest BCUT2D eigenvalue weighted by Gasteiger charge is 2.29. The third kappa shape index (κ3) is 4.11. The molecular weight excluding hydrogens is 431 g/mol. The number of carbonyl (C=O) groups is 1.